The van der Waals surface area contributed by atoms with E-state index in [0.29, 0.717) is 31.9 Å². The average molecular weight is 491 g/mol. The number of aromatic nitrogens is 1. The Bertz CT molecular complexity index is 1440. The van der Waals surface area contributed by atoms with Crippen LogP contribution in [0.2, 0.25) is 0 Å². The lowest BCUT2D eigenvalue weighted by Gasteiger charge is -2.41. The van der Waals surface area contributed by atoms with Gasteiger partial charge in [0.2, 0.25) is 5.91 Å². The number of amides is 1. The number of hydrogen-bond donors (Lipinski definition) is 0. The average Bonchev–Trinajstić information content (AvgIpc) is 2.97. The van der Waals surface area contributed by atoms with Crippen LogP contribution in [0.25, 0.3) is 10.8 Å². The van der Waals surface area contributed by atoms with E-state index in [4.69, 9.17) is 4.74 Å². The zero-order chi connectivity index (χ0) is 25.8. The highest BCUT2D eigenvalue weighted by atomic mass is 16.5. The molecule has 6 heteroatoms. The third-order valence-electron chi connectivity index (χ3n) is 7.42. The molecular formula is C31H30N4O2. The molecule has 186 valence electrons. The van der Waals surface area contributed by atoms with Gasteiger partial charge in [-0.15, -0.1) is 0 Å². The standard InChI is InChI=1S/C31H30N4O2/c1-31(22-32,30(36)35-19-17-34(18-20-35)24-11-8-16-33-21-24)29(27-13-5-6-15-28(27)37-2)26-14-7-10-23-9-3-4-12-25(23)26/h3-16,21,29H,17-20H2,1-2H3. The summed E-state index contributed by atoms with van der Waals surface area (Å²) in [6.45, 7) is 4.24. The lowest BCUT2D eigenvalue weighted by molar-refractivity contribution is -0.139. The first-order chi connectivity index (χ1) is 18.1. The second-order valence-electron chi connectivity index (χ2n) is 9.55. The van der Waals surface area contributed by atoms with Crippen LogP contribution in [0.3, 0.4) is 0 Å². The number of benzene rings is 3. The lowest BCUT2D eigenvalue weighted by Crippen LogP contribution is -2.53. The normalized spacial score (nSPS) is 16.0. The van der Waals surface area contributed by atoms with Gasteiger partial charge in [-0.25, -0.2) is 0 Å². The monoisotopic (exact) mass is 490 g/mol. The van der Waals surface area contributed by atoms with Crippen LogP contribution in [-0.2, 0) is 4.79 Å². The molecule has 0 bridgehead atoms. The molecule has 1 amide bonds. The SMILES string of the molecule is COc1ccccc1C(c1cccc2ccccc12)C(C)(C#N)C(=O)N1CCN(c2cccnc2)CC1. The van der Waals surface area contributed by atoms with Crippen molar-refractivity contribution in [2.24, 2.45) is 5.41 Å². The van der Waals surface area contributed by atoms with Gasteiger partial charge < -0.3 is 14.5 Å². The number of anilines is 1. The fraction of sp³-hybridized carbons (Fsp3) is 0.258. The number of para-hydroxylation sites is 1. The molecule has 1 aliphatic rings. The van der Waals surface area contributed by atoms with Crippen LogP contribution < -0.4 is 9.64 Å². The van der Waals surface area contributed by atoms with Crippen molar-refractivity contribution in [3.05, 3.63) is 102 Å². The second-order valence-corrected chi connectivity index (χ2v) is 9.55. The minimum atomic E-state index is -1.35. The van der Waals surface area contributed by atoms with Crippen molar-refractivity contribution in [3.63, 3.8) is 0 Å². The Morgan fingerprint density at radius 1 is 0.946 bits per heavy atom. The van der Waals surface area contributed by atoms with E-state index < -0.39 is 11.3 Å². The highest BCUT2D eigenvalue weighted by Gasteiger charge is 2.47. The molecule has 5 rings (SSSR count). The summed E-state index contributed by atoms with van der Waals surface area (Å²) < 4.78 is 5.74. The molecule has 4 aromatic rings. The summed E-state index contributed by atoms with van der Waals surface area (Å²) in [6, 6.07) is 28.3. The van der Waals surface area contributed by atoms with Crippen LogP contribution in [0.15, 0.2) is 91.3 Å². The van der Waals surface area contributed by atoms with Crippen molar-refractivity contribution in [1.29, 1.82) is 5.26 Å². The van der Waals surface area contributed by atoms with E-state index in [0.717, 1.165) is 27.6 Å². The number of carbonyl (C=O) groups excluding carboxylic acids is 1. The topological polar surface area (TPSA) is 69.5 Å². The van der Waals surface area contributed by atoms with Crippen LogP contribution in [0.5, 0.6) is 5.75 Å². The largest absolute Gasteiger partial charge is 0.496 e. The molecule has 2 unspecified atom stereocenters. The Balaban J connectivity index is 1.56. The van der Waals surface area contributed by atoms with Crippen molar-refractivity contribution < 1.29 is 9.53 Å². The molecule has 3 aromatic carbocycles. The van der Waals surface area contributed by atoms with Gasteiger partial charge in [0.1, 0.15) is 11.2 Å². The number of carbonyl (C=O) groups is 1. The van der Waals surface area contributed by atoms with Gasteiger partial charge in [0, 0.05) is 43.9 Å². The number of pyridine rings is 1. The predicted molar refractivity (Wildman–Crippen MR) is 146 cm³/mol. The van der Waals surface area contributed by atoms with Gasteiger partial charge in [0.15, 0.2) is 0 Å². The van der Waals surface area contributed by atoms with Gasteiger partial charge in [-0.1, -0.05) is 60.7 Å². The number of fused-ring (bicyclic) bond motifs is 1. The summed E-state index contributed by atoms with van der Waals surface area (Å²) in [5.41, 5.74) is 1.46. The molecule has 1 saturated heterocycles. The third kappa shape index (κ3) is 4.49. The molecule has 6 nitrogen and oxygen atoms in total. The third-order valence-corrected chi connectivity index (χ3v) is 7.42. The van der Waals surface area contributed by atoms with E-state index in [1.54, 1.807) is 20.2 Å². The van der Waals surface area contributed by atoms with E-state index >= 15 is 0 Å². The Morgan fingerprint density at radius 2 is 1.65 bits per heavy atom. The van der Waals surface area contributed by atoms with E-state index in [-0.39, 0.29) is 5.91 Å². The minimum absolute atomic E-state index is 0.162. The number of nitriles is 1. The number of piperazine rings is 1. The summed E-state index contributed by atoms with van der Waals surface area (Å²) in [5, 5.41) is 12.8. The molecule has 0 aliphatic carbocycles. The van der Waals surface area contributed by atoms with Crippen LogP contribution in [-0.4, -0.2) is 49.1 Å². The Labute approximate surface area is 217 Å². The number of nitrogens with zero attached hydrogens (tertiary/aromatic N) is 4. The zero-order valence-electron chi connectivity index (χ0n) is 21.2. The van der Waals surface area contributed by atoms with Crippen LogP contribution >= 0.6 is 0 Å². The zero-order valence-corrected chi connectivity index (χ0v) is 21.2. The molecule has 1 aromatic heterocycles. The summed E-state index contributed by atoms with van der Waals surface area (Å²) >= 11 is 0. The fourth-order valence-corrected chi connectivity index (χ4v) is 5.47. The number of ether oxygens (including phenoxy) is 1. The first kappa shape index (κ1) is 24.3. The summed E-state index contributed by atoms with van der Waals surface area (Å²) in [5.74, 6) is -0.0237. The highest BCUT2D eigenvalue weighted by Crippen LogP contribution is 2.47. The first-order valence-corrected chi connectivity index (χ1v) is 12.5. The lowest BCUT2D eigenvalue weighted by atomic mass is 9.68. The molecule has 0 radical (unpaired) electrons. The number of rotatable bonds is 6. The molecule has 0 spiro atoms. The van der Waals surface area contributed by atoms with Gasteiger partial charge in [0.05, 0.1) is 25.1 Å². The smallest absolute Gasteiger partial charge is 0.243 e. The summed E-state index contributed by atoms with van der Waals surface area (Å²) in [4.78, 5) is 22.5. The first-order valence-electron chi connectivity index (χ1n) is 12.5. The maximum absolute atomic E-state index is 14.2. The maximum atomic E-state index is 14.2. The Morgan fingerprint density at radius 3 is 2.38 bits per heavy atom. The van der Waals surface area contributed by atoms with Gasteiger partial charge >= 0.3 is 0 Å². The van der Waals surface area contributed by atoms with Gasteiger partial charge in [0.25, 0.3) is 0 Å². The van der Waals surface area contributed by atoms with Crippen molar-refractivity contribution in [1.82, 2.24) is 9.88 Å². The number of methoxy groups -OCH3 is 1. The number of hydrogen-bond acceptors (Lipinski definition) is 5. The van der Waals surface area contributed by atoms with Crippen molar-refractivity contribution in [3.8, 4) is 11.8 Å². The fourth-order valence-electron chi connectivity index (χ4n) is 5.47. The molecule has 0 N–H and O–H groups in total. The summed E-state index contributed by atoms with van der Waals surface area (Å²) in [7, 11) is 1.63. The molecule has 2 heterocycles. The van der Waals surface area contributed by atoms with E-state index in [1.807, 2.05) is 71.8 Å². The van der Waals surface area contributed by atoms with Crippen LogP contribution in [0.4, 0.5) is 5.69 Å². The van der Waals surface area contributed by atoms with Crippen molar-refractivity contribution in [2.45, 2.75) is 12.8 Å². The Hall–Kier alpha value is -4.37. The molecule has 1 aliphatic heterocycles. The second kappa shape index (κ2) is 10.3. The summed E-state index contributed by atoms with van der Waals surface area (Å²) in [6.07, 6.45) is 3.60. The molecule has 0 saturated carbocycles. The minimum Gasteiger partial charge on any atom is -0.496 e. The maximum Gasteiger partial charge on any atom is 0.243 e. The quantitative estimate of drug-likeness (QED) is 0.369. The molecule has 37 heavy (non-hydrogen) atoms. The van der Waals surface area contributed by atoms with E-state index in [2.05, 4.69) is 34.2 Å². The predicted octanol–water partition coefficient (Wildman–Crippen LogP) is 5.25. The molecule has 1 fully saturated rings. The van der Waals surface area contributed by atoms with Gasteiger partial charge in [-0.3, -0.25) is 9.78 Å². The van der Waals surface area contributed by atoms with Crippen LogP contribution in [0, 0.1) is 16.7 Å². The van der Waals surface area contributed by atoms with Crippen molar-refractivity contribution >= 4 is 22.4 Å². The van der Waals surface area contributed by atoms with E-state index in [9.17, 15) is 10.1 Å². The Kier molecular flexibility index (Phi) is 6.78. The van der Waals surface area contributed by atoms with Crippen LogP contribution in [0.1, 0.15) is 24.0 Å². The van der Waals surface area contributed by atoms with Gasteiger partial charge in [-0.2, -0.15) is 5.26 Å². The van der Waals surface area contributed by atoms with E-state index in [1.165, 1.54) is 0 Å². The van der Waals surface area contributed by atoms with Gasteiger partial charge in [-0.05, 0) is 41.5 Å². The molecule has 2 atom stereocenters. The molecular weight excluding hydrogens is 460 g/mol. The highest BCUT2D eigenvalue weighted by molar-refractivity contribution is 5.91. The van der Waals surface area contributed by atoms with Crippen molar-refractivity contribution in [2.75, 3.05) is 38.2 Å².